The Labute approximate surface area is 590 Å². The summed E-state index contributed by atoms with van der Waals surface area (Å²) < 4.78 is 78.6. The molecule has 4 saturated heterocycles. The van der Waals surface area contributed by atoms with Gasteiger partial charge < -0.3 is 39.9 Å². The van der Waals surface area contributed by atoms with Gasteiger partial charge in [0, 0.05) is 165 Å². The summed E-state index contributed by atoms with van der Waals surface area (Å²) in [5.74, 6) is -1.74. The quantitative estimate of drug-likeness (QED) is 0.148. The number of hydrogen-bond acceptors (Lipinski definition) is 13. The number of aryl methyl sites for hydroxylation is 2. The van der Waals surface area contributed by atoms with Gasteiger partial charge in [-0.25, -0.2) is 8.78 Å². The number of carbonyl (C=O) groups is 1. The summed E-state index contributed by atoms with van der Waals surface area (Å²) in [6, 6.07) is 12.8. The molecule has 2 aliphatic carbocycles. The smallest absolute Gasteiger partial charge is 0.377 e. The summed E-state index contributed by atoms with van der Waals surface area (Å²) in [5.41, 5.74) is 0.960. The van der Waals surface area contributed by atoms with Crippen molar-refractivity contribution in [2.45, 2.75) is 242 Å². The van der Waals surface area contributed by atoms with E-state index >= 15 is 13.6 Å². The summed E-state index contributed by atoms with van der Waals surface area (Å²) in [5, 5.41) is 8.20. The summed E-state index contributed by atoms with van der Waals surface area (Å²) in [7, 11) is 13.9. The van der Waals surface area contributed by atoms with Crippen LogP contribution in [0.1, 0.15) is 172 Å². The number of halogens is 5. The molecule has 2 bridgehead atoms. The SMILES string of the molecule is CCC[C@H]1CN[C@@H]([C@@H](C)CC)CN2CCC[C@H]2CN(C)[C@H]2C/C=C\CCN(C2)[C@@H](Cc2ccc(C)cc2)CN(C)CCN[C@@H](CCc2cc(F)c(C(F)(F)F)c(F)c2)CN2C[C@H](OCC)C[C@H]2CN(C)C2(CCC2)CN(C)[C@@H](C2CCCC2)CN(C)[C@H](C(=O)N2CCCC2)CCN1C. The number of likely N-dealkylation sites (N-methyl/N-ethyl adjacent to an activating group) is 6. The van der Waals surface area contributed by atoms with E-state index in [2.05, 4.69) is 173 Å². The fourth-order valence-corrected chi connectivity index (χ4v) is 18.4. The fourth-order valence-electron chi connectivity index (χ4n) is 18.4. The minimum Gasteiger partial charge on any atom is -0.377 e. The van der Waals surface area contributed by atoms with Gasteiger partial charge in [0.2, 0.25) is 5.91 Å². The summed E-state index contributed by atoms with van der Waals surface area (Å²) >= 11 is 0. The zero-order valence-corrected chi connectivity index (χ0v) is 62.8. The molecule has 12 atom stereocenters. The molecule has 1 unspecified atom stereocenters. The Balaban J connectivity index is 1.02. The van der Waals surface area contributed by atoms with Crippen molar-refractivity contribution in [3.05, 3.63) is 82.4 Å². The van der Waals surface area contributed by atoms with Gasteiger partial charge in [0.1, 0.15) is 17.2 Å². The number of fused-ring (bicyclic) bond motifs is 4. The number of carbonyl (C=O) groups excluding carboxylic acids is 1. The molecule has 6 fully saturated rings. The van der Waals surface area contributed by atoms with Gasteiger partial charge in [0.25, 0.3) is 0 Å². The van der Waals surface area contributed by atoms with Crippen LogP contribution in [0, 0.1) is 30.4 Å². The van der Waals surface area contributed by atoms with Crippen molar-refractivity contribution in [1.82, 2.24) is 59.6 Å². The highest BCUT2D eigenvalue weighted by atomic mass is 19.4. The molecule has 5 aliphatic heterocycles. The van der Waals surface area contributed by atoms with Crippen LogP contribution in [0.15, 0.2) is 48.6 Å². The summed E-state index contributed by atoms with van der Waals surface area (Å²) in [6.45, 7) is 27.0. The molecular weight excluding hydrogens is 1240 g/mol. The van der Waals surface area contributed by atoms with Crippen molar-refractivity contribution in [1.29, 1.82) is 0 Å². The van der Waals surface area contributed by atoms with E-state index in [0.717, 1.165) is 187 Å². The van der Waals surface area contributed by atoms with Crippen molar-refractivity contribution < 1.29 is 31.5 Å². The third-order valence-electron chi connectivity index (χ3n) is 25.0. The summed E-state index contributed by atoms with van der Waals surface area (Å²) in [4.78, 5) is 41.0. The highest BCUT2D eigenvalue weighted by molar-refractivity contribution is 5.82. The first-order valence-electron chi connectivity index (χ1n) is 39.1. The molecule has 2 saturated carbocycles. The molecule has 1 spiro atoms. The predicted molar refractivity (Wildman–Crippen MR) is 391 cm³/mol. The second-order valence-corrected chi connectivity index (χ2v) is 32.1. The monoisotopic (exact) mass is 1380 g/mol. The molecule has 14 nitrogen and oxygen atoms in total. The highest BCUT2D eigenvalue weighted by Crippen LogP contribution is 2.41. The fraction of sp³-hybridized carbons (Fsp3) is 0.810. The van der Waals surface area contributed by atoms with Gasteiger partial charge in [0.05, 0.1) is 12.1 Å². The van der Waals surface area contributed by atoms with E-state index in [0.29, 0.717) is 74.1 Å². The average molecular weight is 1380 g/mol. The number of hydrogen-bond donors (Lipinski definition) is 2. The van der Waals surface area contributed by atoms with E-state index in [-0.39, 0.29) is 47.8 Å². The Hall–Kier alpha value is -3.18. The Morgan fingerprint density at radius 2 is 1.40 bits per heavy atom. The van der Waals surface area contributed by atoms with Gasteiger partial charge >= 0.3 is 6.18 Å². The zero-order valence-electron chi connectivity index (χ0n) is 62.8. The lowest BCUT2D eigenvalue weighted by molar-refractivity contribution is -0.142. The van der Waals surface area contributed by atoms with Gasteiger partial charge in [-0.15, -0.1) is 0 Å². The van der Waals surface area contributed by atoms with Crippen molar-refractivity contribution in [2.75, 3.05) is 160 Å². The second kappa shape index (κ2) is 38.0. The van der Waals surface area contributed by atoms with Crippen LogP contribution in [0.25, 0.3) is 0 Å². The molecule has 9 rings (SSSR count). The van der Waals surface area contributed by atoms with E-state index in [1.54, 1.807) is 0 Å². The minimum atomic E-state index is -5.13. The van der Waals surface area contributed by atoms with E-state index in [1.165, 1.54) is 56.1 Å². The highest BCUT2D eigenvalue weighted by Gasteiger charge is 2.47. The number of likely N-dealkylation sites (tertiary alicyclic amines) is 1. The molecule has 2 aromatic carbocycles. The van der Waals surface area contributed by atoms with Crippen molar-refractivity contribution in [3.63, 3.8) is 0 Å². The number of alkyl halides is 3. The molecule has 1 amide bonds. The molecule has 0 aromatic heterocycles. The standard InChI is InChI=1S/C79H133F5N12O2/c1-12-24-65-49-86-73(60(5)13-2)56-95-42-22-28-67(95)52-89(8)66-27-16-15-19-41-94(54-66)68(45-61-31-29-59(4)30-32-61)51-87(6)44-38-85-64(34-33-62-46-71(80)76(72(81)47-62)79(82,83)84)50-96-55-70(98-14-3)48-69(96)53-92(11)78(36-23-37-78)58-91(10)75(63-25-17-18-26-63)57-90(9)74(35-43-88(65)7)77(97)93-39-20-21-40-93/h15-16,29-32,46-47,60,63-70,73-75,85-86H,12-14,17-28,33-45,48-58H2,1-11H3/b16-15-/t60-,64-,65-,66-,67-,68-,69-,70+,73+,74-,75+/m0/s1. The molecule has 556 valence electrons. The molecule has 19 heteroatoms. The van der Waals surface area contributed by atoms with E-state index in [9.17, 15) is 13.2 Å². The Morgan fingerprint density at radius 3 is 2.07 bits per heavy atom. The van der Waals surface area contributed by atoms with Gasteiger partial charge in [-0.05, 0) is 207 Å². The molecule has 0 radical (unpaired) electrons. The van der Waals surface area contributed by atoms with Crippen LogP contribution in [0.2, 0.25) is 0 Å². The first kappa shape index (κ1) is 78.9. The normalized spacial score (nSPS) is 31.7. The number of amides is 1. The van der Waals surface area contributed by atoms with Crippen LogP contribution in [0.3, 0.4) is 0 Å². The number of rotatable bonds is 13. The molecule has 7 aliphatic rings. The molecule has 2 aromatic rings. The first-order valence-corrected chi connectivity index (χ1v) is 39.1. The maximum Gasteiger partial charge on any atom is 0.422 e. The largest absolute Gasteiger partial charge is 0.422 e. The Morgan fingerprint density at radius 1 is 0.663 bits per heavy atom. The number of benzene rings is 2. The van der Waals surface area contributed by atoms with Gasteiger partial charge in [-0.2, -0.15) is 13.2 Å². The second-order valence-electron chi connectivity index (χ2n) is 32.1. The average Bonchev–Trinajstić information content (AvgIpc) is 1.06. The Bertz CT molecular complexity index is 2690. The lowest BCUT2D eigenvalue weighted by Gasteiger charge is -2.53. The van der Waals surface area contributed by atoms with E-state index in [1.807, 2.05) is 0 Å². The van der Waals surface area contributed by atoms with Crippen LogP contribution < -0.4 is 10.6 Å². The number of ether oxygens (including phenoxy) is 1. The van der Waals surface area contributed by atoms with Crippen molar-refractivity contribution in [3.8, 4) is 0 Å². The summed E-state index contributed by atoms with van der Waals surface area (Å²) in [6.07, 6.45) is 21.3. The van der Waals surface area contributed by atoms with Crippen LogP contribution in [0.4, 0.5) is 22.0 Å². The molecule has 5 heterocycles. The third-order valence-corrected chi connectivity index (χ3v) is 25.0. The van der Waals surface area contributed by atoms with Crippen LogP contribution >= 0.6 is 0 Å². The van der Waals surface area contributed by atoms with E-state index in [4.69, 9.17) is 4.74 Å². The number of nitrogens with one attached hydrogen (secondary N) is 2. The maximum absolute atomic E-state index is 15.3. The van der Waals surface area contributed by atoms with Crippen molar-refractivity contribution >= 4 is 5.91 Å². The van der Waals surface area contributed by atoms with Crippen LogP contribution in [0.5, 0.6) is 0 Å². The number of nitrogens with zero attached hydrogens (tertiary/aromatic N) is 10. The Kier molecular flexibility index (Phi) is 30.6. The van der Waals surface area contributed by atoms with Crippen LogP contribution in [-0.2, 0) is 28.5 Å². The first-order chi connectivity index (χ1) is 47.0. The maximum atomic E-state index is 15.3. The van der Waals surface area contributed by atoms with E-state index < -0.39 is 23.4 Å². The topological polar surface area (TPSA) is 82.8 Å². The predicted octanol–water partition coefficient (Wildman–Crippen LogP) is 11.4. The molecule has 2 N–H and O–H groups in total. The minimum absolute atomic E-state index is 0.0210. The zero-order chi connectivity index (χ0) is 70.1. The van der Waals surface area contributed by atoms with Gasteiger partial charge in [-0.1, -0.05) is 88.4 Å². The lowest BCUT2D eigenvalue weighted by Crippen LogP contribution is -2.63. The third kappa shape index (κ3) is 21.9. The lowest BCUT2D eigenvalue weighted by atomic mass is 9.74. The van der Waals surface area contributed by atoms with Gasteiger partial charge in [0.15, 0.2) is 0 Å². The molecular formula is C79H133F5N12O2. The molecule has 98 heavy (non-hydrogen) atoms. The van der Waals surface area contributed by atoms with Gasteiger partial charge in [-0.3, -0.25) is 29.3 Å². The van der Waals surface area contributed by atoms with Crippen LogP contribution in [-0.4, -0.2) is 281 Å². The van der Waals surface area contributed by atoms with Crippen molar-refractivity contribution in [2.24, 2.45) is 11.8 Å².